The maximum Gasteiger partial charge on any atom is 0.129 e. The first-order chi connectivity index (χ1) is 9.89. The van der Waals surface area contributed by atoms with Crippen LogP contribution in [0.2, 0.25) is 0 Å². The summed E-state index contributed by atoms with van der Waals surface area (Å²) in [5.74, 6) is 1.000. The van der Waals surface area contributed by atoms with Crippen molar-refractivity contribution in [1.29, 1.82) is 0 Å². The Labute approximate surface area is 129 Å². The van der Waals surface area contributed by atoms with Crippen LogP contribution in [-0.4, -0.2) is 23.6 Å². The van der Waals surface area contributed by atoms with E-state index >= 15 is 0 Å². The van der Waals surface area contributed by atoms with Gasteiger partial charge in [-0.3, -0.25) is 0 Å². The number of anilines is 1. The molecule has 3 nitrogen and oxygen atoms in total. The summed E-state index contributed by atoms with van der Waals surface area (Å²) < 4.78 is 0. The van der Waals surface area contributed by atoms with Crippen molar-refractivity contribution in [3.05, 3.63) is 48.7 Å². The van der Waals surface area contributed by atoms with Crippen molar-refractivity contribution in [3.8, 4) is 0 Å². The third kappa shape index (κ3) is 6.13. The number of hydrogen-bond acceptors (Lipinski definition) is 3. The summed E-state index contributed by atoms with van der Waals surface area (Å²) in [7, 11) is 0. The minimum absolute atomic E-state index is 0.109. The van der Waals surface area contributed by atoms with Gasteiger partial charge in [-0.05, 0) is 44.9 Å². The Balaban J connectivity index is 3.02. The van der Waals surface area contributed by atoms with E-state index in [1.807, 2.05) is 12.2 Å². The summed E-state index contributed by atoms with van der Waals surface area (Å²) in [6.07, 6.45) is 4.74. The summed E-state index contributed by atoms with van der Waals surface area (Å²) in [6, 6.07) is 4.34. The molecule has 116 valence electrons. The molecule has 1 aromatic heterocycles. The van der Waals surface area contributed by atoms with Crippen LogP contribution < -0.4 is 10.2 Å². The first kappa shape index (κ1) is 17.4. The molecule has 21 heavy (non-hydrogen) atoms. The second-order valence-electron chi connectivity index (χ2n) is 6.26. The molecular formula is C18H29N3. The standard InChI is InChI=1S/C18H29N3/c1-7-10-21(11-8-2)17-13-15(12-16(9-3)20-17)14-19-18(4,5)6/h7-8,12-13,19H,1-2,9-11,14H2,3-6H3. The molecular weight excluding hydrogens is 258 g/mol. The Hall–Kier alpha value is -1.61. The van der Waals surface area contributed by atoms with Crippen molar-refractivity contribution in [1.82, 2.24) is 10.3 Å². The Kier molecular flexibility index (Phi) is 6.63. The SMILES string of the molecule is C=CCN(CC=C)c1cc(CNC(C)(C)C)cc(CC)n1. The van der Waals surface area contributed by atoms with Gasteiger partial charge in [0.2, 0.25) is 0 Å². The van der Waals surface area contributed by atoms with Crippen LogP contribution in [0.5, 0.6) is 0 Å². The molecule has 0 atom stereocenters. The van der Waals surface area contributed by atoms with E-state index < -0.39 is 0 Å². The molecule has 0 radical (unpaired) electrons. The molecule has 1 rings (SSSR count). The number of rotatable bonds is 8. The normalized spacial score (nSPS) is 11.2. The smallest absolute Gasteiger partial charge is 0.129 e. The highest BCUT2D eigenvalue weighted by molar-refractivity contribution is 5.44. The average Bonchev–Trinajstić information content (AvgIpc) is 2.44. The van der Waals surface area contributed by atoms with Crippen LogP contribution in [-0.2, 0) is 13.0 Å². The maximum absolute atomic E-state index is 4.74. The van der Waals surface area contributed by atoms with Gasteiger partial charge in [0.1, 0.15) is 5.82 Å². The number of nitrogens with zero attached hydrogens (tertiary/aromatic N) is 2. The van der Waals surface area contributed by atoms with Crippen LogP contribution in [0, 0.1) is 0 Å². The third-order valence-corrected chi connectivity index (χ3v) is 3.13. The highest BCUT2D eigenvalue weighted by atomic mass is 15.2. The van der Waals surface area contributed by atoms with Gasteiger partial charge in [0, 0.05) is 30.9 Å². The number of aryl methyl sites for hydroxylation is 1. The van der Waals surface area contributed by atoms with Gasteiger partial charge >= 0.3 is 0 Å². The number of aromatic nitrogens is 1. The van der Waals surface area contributed by atoms with Gasteiger partial charge in [0.25, 0.3) is 0 Å². The van der Waals surface area contributed by atoms with E-state index in [-0.39, 0.29) is 5.54 Å². The van der Waals surface area contributed by atoms with Gasteiger partial charge in [0.05, 0.1) is 0 Å². The highest BCUT2D eigenvalue weighted by Gasteiger charge is 2.11. The predicted molar refractivity (Wildman–Crippen MR) is 92.8 cm³/mol. The number of hydrogen-bond donors (Lipinski definition) is 1. The zero-order valence-electron chi connectivity index (χ0n) is 13.9. The minimum Gasteiger partial charge on any atom is -0.349 e. The van der Waals surface area contributed by atoms with Crippen molar-refractivity contribution >= 4 is 5.82 Å². The molecule has 0 spiro atoms. The third-order valence-electron chi connectivity index (χ3n) is 3.13. The number of nitrogens with one attached hydrogen (secondary N) is 1. The van der Waals surface area contributed by atoms with Gasteiger partial charge in [-0.2, -0.15) is 0 Å². The zero-order chi connectivity index (χ0) is 15.9. The largest absolute Gasteiger partial charge is 0.349 e. The molecule has 0 aliphatic rings. The Morgan fingerprint density at radius 3 is 2.29 bits per heavy atom. The maximum atomic E-state index is 4.74. The van der Waals surface area contributed by atoms with E-state index in [2.05, 4.69) is 63.2 Å². The minimum atomic E-state index is 0.109. The summed E-state index contributed by atoms with van der Waals surface area (Å²) in [4.78, 5) is 6.92. The lowest BCUT2D eigenvalue weighted by Crippen LogP contribution is -2.35. The summed E-state index contributed by atoms with van der Waals surface area (Å²) >= 11 is 0. The molecule has 3 heteroatoms. The lowest BCUT2D eigenvalue weighted by Gasteiger charge is -2.24. The topological polar surface area (TPSA) is 28.2 Å². The molecule has 0 aliphatic carbocycles. The monoisotopic (exact) mass is 287 g/mol. The lowest BCUT2D eigenvalue weighted by molar-refractivity contribution is 0.424. The van der Waals surface area contributed by atoms with Gasteiger partial charge in [-0.25, -0.2) is 4.98 Å². The summed E-state index contributed by atoms with van der Waals surface area (Å²) in [5, 5.41) is 3.53. The van der Waals surface area contributed by atoms with Crippen LogP contribution >= 0.6 is 0 Å². The Morgan fingerprint density at radius 2 is 1.81 bits per heavy atom. The van der Waals surface area contributed by atoms with Crippen LogP contribution in [0.15, 0.2) is 37.4 Å². The molecule has 0 aromatic carbocycles. The second-order valence-corrected chi connectivity index (χ2v) is 6.26. The van der Waals surface area contributed by atoms with E-state index in [1.165, 1.54) is 5.56 Å². The molecule has 1 N–H and O–H groups in total. The van der Waals surface area contributed by atoms with Crippen LogP contribution in [0.25, 0.3) is 0 Å². The fourth-order valence-electron chi connectivity index (χ4n) is 2.02. The molecule has 0 saturated carbocycles. The molecule has 0 fully saturated rings. The van der Waals surface area contributed by atoms with E-state index in [9.17, 15) is 0 Å². The van der Waals surface area contributed by atoms with E-state index in [0.29, 0.717) is 0 Å². The Bertz CT molecular complexity index is 462. The van der Waals surface area contributed by atoms with Gasteiger partial charge in [-0.15, -0.1) is 13.2 Å². The van der Waals surface area contributed by atoms with E-state index in [4.69, 9.17) is 4.98 Å². The molecule has 0 bridgehead atoms. The quantitative estimate of drug-likeness (QED) is 0.739. The number of pyridine rings is 1. The zero-order valence-corrected chi connectivity index (χ0v) is 13.9. The molecule has 0 aliphatic heterocycles. The summed E-state index contributed by atoms with van der Waals surface area (Å²) in [5.41, 5.74) is 2.50. The van der Waals surface area contributed by atoms with Crippen molar-refractivity contribution in [2.75, 3.05) is 18.0 Å². The molecule has 0 saturated heterocycles. The van der Waals surface area contributed by atoms with Gasteiger partial charge in [0.15, 0.2) is 0 Å². The first-order valence-corrected chi connectivity index (χ1v) is 7.61. The Morgan fingerprint density at radius 1 is 1.19 bits per heavy atom. The fraction of sp³-hybridized carbons (Fsp3) is 0.500. The summed E-state index contributed by atoms with van der Waals surface area (Å²) in [6.45, 7) is 18.7. The molecule has 0 amide bonds. The van der Waals surface area contributed by atoms with Crippen LogP contribution in [0.4, 0.5) is 5.82 Å². The van der Waals surface area contributed by atoms with E-state index in [1.54, 1.807) is 0 Å². The van der Waals surface area contributed by atoms with Crippen molar-refractivity contribution in [2.24, 2.45) is 0 Å². The van der Waals surface area contributed by atoms with E-state index in [0.717, 1.165) is 37.6 Å². The average molecular weight is 287 g/mol. The lowest BCUT2D eigenvalue weighted by atomic mass is 10.1. The van der Waals surface area contributed by atoms with Crippen LogP contribution in [0.1, 0.15) is 39.0 Å². The van der Waals surface area contributed by atoms with Gasteiger partial charge in [-0.1, -0.05) is 19.1 Å². The molecule has 1 heterocycles. The van der Waals surface area contributed by atoms with Crippen molar-refractivity contribution in [2.45, 2.75) is 46.2 Å². The fourth-order valence-corrected chi connectivity index (χ4v) is 2.02. The second kappa shape index (κ2) is 7.99. The van der Waals surface area contributed by atoms with Crippen LogP contribution in [0.3, 0.4) is 0 Å². The van der Waals surface area contributed by atoms with Crippen molar-refractivity contribution in [3.63, 3.8) is 0 Å². The highest BCUT2D eigenvalue weighted by Crippen LogP contribution is 2.17. The first-order valence-electron chi connectivity index (χ1n) is 7.61. The van der Waals surface area contributed by atoms with Gasteiger partial charge < -0.3 is 10.2 Å². The predicted octanol–water partition coefficient (Wildman–Crippen LogP) is 3.71. The molecule has 1 aromatic rings. The molecule has 0 unspecified atom stereocenters. The van der Waals surface area contributed by atoms with Crippen molar-refractivity contribution < 1.29 is 0 Å².